The molecule has 0 bridgehead atoms. The van der Waals surface area contributed by atoms with Crippen LogP contribution in [-0.2, 0) is 14.3 Å². The van der Waals surface area contributed by atoms with Gasteiger partial charge in [-0.05, 0) is 44.2 Å². The number of urea groups is 1. The van der Waals surface area contributed by atoms with E-state index in [-0.39, 0.29) is 30.5 Å². The van der Waals surface area contributed by atoms with Gasteiger partial charge in [-0.2, -0.15) is 0 Å². The Morgan fingerprint density at radius 2 is 1.91 bits per heavy atom. The van der Waals surface area contributed by atoms with Gasteiger partial charge in [0.05, 0.1) is 12.8 Å². The number of anilines is 1. The Morgan fingerprint density at radius 3 is 2.59 bits per heavy atom. The summed E-state index contributed by atoms with van der Waals surface area (Å²) in [6, 6.07) is 9.81. The molecule has 9 nitrogen and oxygen atoms in total. The number of hydrogen-bond donors (Lipinski definition) is 2. The summed E-state index contributed by atoms with van der Waals surface area (Å²) in [6.07, 6.45) is 5.10. The first-order chi connectivity index (χ1) is 16.5. The van der Waals surface area contributed by atoms with E-state index in [9.17, 15) is 14.4 Å². The lowest BCUT2D eigenvalue weighted by Gasteiger charge is -2.43. The van der Waals surface area contributed by atoms with Crippen molar-refractivity contribution in [2.45, 2.75) is 57.1 Å². The van der Waals surface area contributed by atoms with E-state index < -0.39 is 5.54 Å². The summed E-state index contributed by atoms with van der Waals surface area (Å²) >= 11 is 0. The van der Waals surface area contributed by atoms with E-state index in [1.165, 1.54) is 0 Å². The fourth-order valence-electron chi connectivity index (χ4n) is 5.15. The molecule has 1 spiro atoms. The van der Waals surface area contributed by atoms with Gasteiger partial charge in [0.25, 0.3) is 5.91 Å². The van der Waals surface area contributed by atoms with Crippen molar-refractivity contribution in [3.63, 3.8) is 0 Å². The number of piperidine rings is 1. The minimum atomic E-state index is -0.740. The average molecular weight is 472 g/mol. The maximum atomic E-state index is 13.7. The minimum Gasteiger partial charge on any atom is -0.376 e. The van der Waals surface area contributed by atoms with Crippen LogP contribution in [0.15, 0.2) is 30.3 Å². The summed E-state index contributed by atoms with van der Waals surface area (Å²) in [5, 5.41) is 5.90. The van der Waals surface area contributed by atoms with Gasteiger partial charge < -0.3 is 30.1 Å². The van der Waals surface area contributed by atoms with Crippen LogP contribution in [0.2, 0.25) is 0 Å². The minimum absolute atomic E-state index is 0.0256. The molecule has 2 N–H and O–H groups in total. The fraction of sp³-hybridized carbons (Fsp3) is 0.640. The van der Waals surface area contributed by atoms with Crippen molar-refractivity contribution in [2.75, 3.05) is 50.9 Å². The number of benzene rings is 1. The number of unbranched alkanes of at least 4 members (excludes halogenated alkanes) is 1. The van der Waals surface area contributed by atoms with Crippen molar-refractivity contribution in [3.8, 4) is 0 Å². The Balaban J connectivity index is 1.42. The van der Waals surface area contributed by atoms with Crippen LogP contribution < -0.4 is 15.5 Å². The molecule has 4 rings (SSSR count). The van der Waals surface area contributed by atoms with Crippen LogP contribution in [0.3, 0.4) is 0 Å². The third kappa shape index (κ3) is 5.29. The van der Waals surface area contributed by atoms with Gasteiger partial charge in [-0.25, -0.2) is 4.79 Å². The van der Waals surface area contributed by atoms with Crippen molar-refractivity contribution < 1.29 is 19.1 Å². The van der Waals surface area contributed by atoms with Crippen LogP contribution in [-0.4, -0.2) is 85.3 Å². The summed E-state index contributed by atoms with van der Waals surface area (Å²) in [6.45, 7) is 5.38. The molecule has 1 unspecified atom stereocenters. The van der Waals surface area contributed by atoms with E-state index in [1.54, 1.807) is 9.80 Å². The fourth-order valence-corrected chi connectivity index (χ4v) is 5.15. The van der Waals surface area contributed by atoms with Gasteiger partial charge in [0.15, 0.2) is 0 Å². The lowest BCUT2D eigenvalue weighted by atomic mass is 9.85. The summed E-state index contributed by atoms with van der Waals surface area (Å²) in [7, 11) is 0. The standard InChI is InChI=1S/C25H37N5O4/c1-2-3-13-26-24(33)28-14-11-25(12-15-28)23(32)29(19-30(25)20-8-5-4-6-9-20)18-22(31)27-17-21-10-7-16-34-21/h4-6,8-9,21H,2-3,7,10-19H2,1H3,(H,26,33)(H,27,31). The zero-order chi connectivity index (χ0) is 24.0. The predicted molar refractivity (Wildman–Crippen MR) is 129 cm³/mol. The topological polar surface area (TPSA) is 94.2 Å². The van der Waals surface area contributed by atoms with Crippen molar-refractivity contribution in [1.29, 1.82) is 0 Å². The van der Waals surface area contributed by atoms with E-state index in [1.807, 2.05) is 30.3 Å². The second kappa shape index (κ2) is 11.1. The normalized spacial score (nSPS) is 21.9. The number of rotatable bonds is 8. The number of carbonyl (C=O) groups is 3. The Labute approximate surface area is 201 Å². The van der Waals surface area contributed by atoms with Gasteiger partial charge >= 0.3 is 6.03 Å². The van der Waals surface area contributed by atoms with Crippen LogP contribution >= 0.6 is 0 Å². The quantitative estimate of drug-likeness (QED) is 0.565. The predicted octanol–water partition coefficient (Wildman–Crippen LogP) is 1.93. The third-order valence-corrected chi connectivity index (χ3v) is 7.15. The number of ether oxygens (including phenoxy) is 1. The molecule has 1 aromatic carbocycles. The Kier molecular flexibility index (Phi) is 7.92. The molecule has 3 heterocycles. The summed E-state index contributed by atoms with van der Waals surface area (Å²) in [4.78, 5) is 44.5. The van der Waals surface area contributed by atoms with E-state index >= 15 is 0 Å². The number of carbonyl (C=O) groups excluding carboxylic acids is 3. The molecule has 3 aliphatic rings. The molecular formula is C25H37N5O4. The molecule has 34 heavy (non-hydrogen) atoms. The smallest absolute Gasteiger partial charge is 0.317 e. The molecule has 1 atom stereocenters. The molecule has 0 aliphatic carbocycles. The molecule has 3 fully saturated rings. The first kappa shape index (κ1) is 24.3. The zero-order valence-electron chi connectivity index (χ0n) is 20.1. The molecule has 3 aliphatic heterocycles. The molecule has 186 valence electrons. The van der Waals surface area contributed by atoms with Crippen LogP contribution in [0.4, 0.5) is 10.5 Å². The maximum Gasteiger partial charge on any atom is 0.317 e. The van der Waals surface area contributed by atoms with Gasteiger partial charge in [-0.1, -0.05) is 31.5 Å². The van der Waals surface area contributed by atoms with Crippen molar-refractivity contribution in [3.05, 3.63) is 30.3 Å². The van der Waals surface area contributed by atoms with Crippen molar-refractivity contribution in [1.82, 2.24) is 20.4 Å². The van der Waals surface area contributed by atoms with Crippen LogP contribution in [0.1, 0.15) is 45.4 Å². The average Bonchev–Trinajstić information content (AvgIpc) is 3.47. The van der Waals surface area contributed by atoms with Gasteiger partial charge in [0, 0.05) is 38.5 Å². The monoisotopic (exact) mass is 471 g/mol. The second-order valence-electron chi connectivity index (χ2n) is 9.45. The number of nitrogens with one attached hydrogen (secondary N) is 2. The maximum absolute atomic E-state index is 13.7. The Morgan fingerprint density at radius 1 is 1.15 bits per heavy atom. The molecule has 3 saturated heterocycles. The highest BCUT2D eigenvalue weighted by molar-refractivity contribution is 5.96. The van der Waals surface area contributed by atoms with Crippen LogP contribution in [0.25, 0.3) is 0 Å². The first-order valence-electron chi connectivity index (χ1n) is 12.6. The van der Waals surface area contributed by atoms with E-state index in [2.05, 4.69) is 22.5 Å². The Hall–Kier alpha value is -2.81. The zero-order valence-corrected chi connectivity index (χ0v) is 20.1. The SMILES string of the molecule is CCCCNC(=O)N1CCC2(CC1)C(=O)N(CC(=O)NCC1CCCO1)CN2c1ccccc1. The van der Waals surface area contributed by atoms with E-state index in [4.69, 9.17) is 4.74 Å². The number of hydrogen-bond acceptors (Lipinski definition) is 5. The van der Waals surface area contributed by atoms with E-state index in [0.717, 1.165) is 38.0 Å². The number of nitrogens with zero attached hydrogens (tertiary/aromatic N) is 3. The molecule has 0 radical (unpaired) electrons. The van der Waals surface area contributed by atoms with Gasteiger partial charge in [0.2, 0.25) is 5.91 Å². The lowest BCUT2D eigenvalue weighted by Crippen LogP contribution is -2.58. The van der Waals surface area contributed by atoms with Crippen LogP contribution in [0.5, 0.6) is 0 Å². The van der Waals surface area contributed by atoms with E-state index in [0.29, 0.717) is 45.7 Å². The summed E-state index contributed by atoms with van der Waals surface area (Å²) < 4.78 is 5.58. The first-order valence-corrected chi connectivity index (χ1v) is 12.6. The van der Waals surface area contributed by atoms with Crippen LogP contribution in [0, 0.1) is 0 Å². The van der Waals surface area contributed by atoms with Gasteiger partial charge in [0.1, 0.15) is 12.1 Å². The third-order valence-electron chi connectivity index (χ3n) is 7.15. The molecule has 9 heteroatoms. The Bertz CT molecular complexity index is 850. The highest BCUT2D eigenvalue weighted by atomic mass is 16.5. The molecular weight excluding hydrogens is 434 g/mol. The summed E-state index contributed by atoms with van der Waals surface area (Å²) in [5.74, 6) is -0.198. The highest BCUT2D eigenvalue weighted by Crippen LogP contribution is 2.39. The number of amides is 4. The van der Waals surface area contributed by atoms with Crippen molar-refractivity contribution >= 4 is 23.5 Å². The highest BCUT2D eigenvalue weighted by Gasteiger charge is 2.54. The van der Waals surface area contributed by atoms with Crippen molar-refractivity contribution in [2.24, 2.45) is 0 Å². The molecule has 0 saturated carbocycles. The summed E-state index contributed by atoms with van der Waals surface area (Å²) in [5.41, 5.74) is 0.218. The van der Waals surface area contributed by atoms with Gasteiger partial charge in [-0.15, -0.1) is 0 Å². The lowest BCUT2D eigenvalue weighted by molar-refractivity contribution is -0.137. The molecule has 0 aromatic heterocycles. The number of likely N-dealkylation sites (tertiary alicyclic amines) is 1. The largest absolute Gasteiger partial charge is 0.376 e. The number of para-hydroxylation sites is 1. The molecule has 4 amide bonds. The van der Waals surface area contributed by atoms with Gasteiger partial charge in [-0.3, -0.25) is 9.59 Å². The molecule has 1 aromatic rings. The second-order valence-corrected chi connectivity index (χ2v) is 9.45.